The number of methoxy groups -OCH3 is 1. The largest absolute Gasteiger partial charge is 0.493 e. The van der Waals surface area contributed by atoms with E-state index in [9.17, 15) is 8.42 Å². The van der Waals surface area contributed by atoms with Gasteiger partial charge in [0.05, 0.1) is 12.0 Å². The Hall–Kier alpha value is -3.39. The third-order valence-electron chi connectivity index (χ3n) is 7.06. The van der Waals surface area contributed by atoms with Crippen LogP contribution in [0.3, 0.4) is 0 Å². The van der Waals surface area contributed by atoms with Crippen LogP contribution in [0.25, 0.3) is 10.8 Å². The highest BCUT2D eigenvalue weighted by atomic mass is 32.2. The van der Waals surface area contributed by atoms with Crippen molar-refractivity contribution in [1.82, 2.24) is 9.21 Å². The summed E-state index contributed by atoms with van der Waals surface area (Å²) in [6.07, 6.45) is 2.33. The molecule has 5 rings (SSSR count). The van der Waals surface area contributed by atoms with E-state index in [0.717, 1.165) is 47.8 Å². The third kappa shape index (κ3) is 6.01. The summed E-state index contributed by atoms with van der Waals surface area (Å²) in [5, 5.41) is 1.65. The first-order valence-electron chi connectivity index (χ1n) is 13.1. The molecule has 0 radical (unpaired) electrons. The highest BCUT2D eigenvalue weighted by Crippen LogP contribution is 2.31. The molecule has 4 aromatic rings. The molecule has 0 aromatic heterocycles. The second kappa shape index (κ2) is 12.0. The van der Waals surface area contributed by atoms with Gasteiger partial charge in [0.15, 0.2) is 11.5 Å². The molecule has 0 spiro atoms. The second-order valence-corrected chi connectivity index (χ2v) is 11.5. The van der Waals surface area contributed by atoms with E-state index >= 15 is 0 Å². The van der Waals surface area contributed by atoms with Crippen molar-refractivity contribution in [3.63, 3.8) is 0 Å². The fourth-order valence-electron chi connectivity index (χ4n) is 4.97. The molecule has 0 bridgehead atoms. The molecule has 4 aromatic carbocycles. The van der Waals surface area contributed by atoms with Crippen molar-refractivity contribution < 1.29 is 17.9 Å². The van der Waals surface area contributed by atoms with Gasteiger partial charge in [0.25, 0.3) is 0 Å². The number of hydrogen-bond donors (Lipinski definition) is 0. The lowest BCUT2D eigenvalue weighted by molar-refractivity contribution is 0.281. The first kappa shape index (κ1) is 26.2. The molecule has 38 heavy (non-hydrogen) atoms. The standard InChI is InChI=1S/C31H34N2O4S/c1-36-29-17-16-26(22-30(29)37-24-25-10-3-2-4-11-25)23-33(21-20-32-18-7-8-19-32)38(34,35)31-15-9-13-27-12-5-6-14-28(27)31/h2-6,9-17,22H,7-8,18-21,23-24H2,1H3. The van der Waals surface area contributed by atoms with Crippen molar-refractivity contribution in [3.05, 3.63) is 102 Å². The summed E-state index contributed by atoms with van der Waals surface area (Å²) in [5.74, 6) is 1.21. The maximum Gasteiger partial charge on any atom is 0.244 e. The molecule has 1 heterocycles. The Bertz CT molecular complexity index is 1460. The summed E-state index contributed by atoms with van der Waals surface area (Å²) in [4.78, 5) is 2.68. The number of nitrogens with zero attached hydrogens (tertiary/aromatic N) is 2. The predicted octanol–water partition coefficient (Wildman–Crippen LogP) is 5.71. The summed E-state index contributed by atoms with van der Waals surface area (Å²) in [5.41, 5.74) is 1.89. The fourth-order valence-corrected chi connectivity index (χ4v) is 6.61. The smallest absolute Gasteiger partial charge is 0.244 e. The summed E-state index contributed by atoms with van der Waals surface area (Å²) in [6.45, 7) is 3.79. The van der Waals surface area contributed by atoms with Gasteiger partial charge in [-0.15, -0.1) is 0 Å². The number of likely N-dealkylation sites (tertiary alicyclic amines) is 1. The zero-order valence-corrected chi connectivity index (χ0v) is 22.6. The zero-order valence-electron chi connectivity index (χ0n) is 21.8. The van der Waals surface area contributed by atoms with E-state index in [0.29, 0.717) is 36.1 Å². The van der Waals surface area contributed by atoms with Crippen molar-refractivity contribution in [2.45, 2.75) is 30.9 Å². The van der Waals surface area contributed by atoms with Gasteiger partial charge in [-0.25, -0.2) is 8.42 Å². The third-order valence-corrected chi connectivity index (χ3v) is 8.96. The van der Waals surface area contributed by atoms with Gasteiger partial charge in [-0.3, -0.25) is 0 Å². The lowest BCUT2D eigenvalue weighted by Crippen LogP contribution is -2.37. The van der Waals surface area contributed by atoms with Crippen LogP contribution >= 0.6 is 0 Å². The van der Waals surface area contributed by atoms with Crippen molar-refractivity contribution >= 4 is 20.8 Å². The van der Waals surface area contributed by atoms with Crippen LogP contribution in [-0.4, -0.2) is 50.9 Å². The molecule has 0 saturated carbocycles. The molecule has 0 amide bonds. The van der Waals surface area contributed by atoms with E-state index in [2.05, 4.69) is 4.90 Å². The van der Waals surface area contributed by atoms with E-state index in [1.165, 1.54) is 0 Å². The van der Waals surface area contributed by atoms with Crippen LogP contribution in [0.4, 0.5) is 0 Å². The van der Waals surface area contributed by atoms with Crippen LogP contribution in [-0.2, 0) is 23.2 Å². The summed E-state index contributed by atoms with van der Waals surface area (Å²) < 4.78 is 41.5. The highest BCUT2D eigenvalue weighted by molar-refractivity contribution is 7.89. The Kier molecular flexibility index (Phi) is 8.27. The van der Waals surface area contributed by atoms with Crippen LogP contribution in [0, 0.1) is 0 Å². The Labute approximate surface area is 225 Å². The molecule has 1 aliphatic rings. The van der Waals surface area contributed by atoms with Gasteiger partial charge >= 0.3 is 0 Å². The fraction of sp³-hybridized carbons (Fsp3) is 0.290. The van der Waals surface area contributed by atoms with E-state index in [1.54, 1.807) is 17.5 Å². The molecule has 0 atom stereocenters. The number of rotatable bonds is 11. The monoisotopic (exact) mass is 530 g/mol. The maximum atomic E-state index is 14.1. The van der Waals surface area contributed by atoms with Gasteiger partial charge in [0.1, 0.15) is 6.61 Å². The molecule has 1 saturated heterocycles. The Morgan fingerprint density at radius 2 is 1.55 bits per heavy atom. The molecule has 0 unspecified atom stereocenters. The van der Waals surface area contributed by atoms with Crippen LogP contribution in [0.15, 0.2) is 95.9 Å². The molecule has 6 nitrogen and oxygen atoms in total. The van der Waals surface area contributed by atoms with E-state index in [-0.39, 0.29) is 6.54 Å². The number of ether oxygens (including phenoxy) is 2. The molecule has 1 aliphatic heterocycles. The molecule has 0 N–H and O–H groups in total. The maximum absolute atomic E-state index is 14.1. The number of hydrogen-bond acceptors (Lipinski definition) is 5. The topological polar surface area (TPSA) is 59.1 Å². The van der Waals surface area contributed by atoms with Crippen molar-refractivity contribution in [2.24, 2.45) is 0 Å². The Morgan fingerprint density at radius 3 is 2.34 bits per heavy atom. The summed E-state index contributed by atoms with van der Waals surface area (Å²) in [7, 11) is -2.16. The molecular formula is C31H34N2O4S. The molecule has 198 valence electrons. The minimum absolute atomic E-state index is 0.241. The quantitative estimate of drug-likeness (QED) is 0.248. The minimum Gasteiger partial charge on any atom is -0.493 e. The van der Waals surface area contributed by atoms with Gasteiger partial charge < -0.3 is 14.4 Å². The van der Waals surface area contributed by atoms with Gasteiger partial charge in [-0.05, 0) is 60.6 Å². The van der Waals surface area contributed by atoms with Crippen LogP contribution in [0.5, 0.6) is 11.5 Å². The van der Waals surface area contributed by atoms with Crippen molar-refractivity contribution in [2.75, 3.05) is 33.3 Å². The van der Waals surface area contributed by atoms with Gasteiger partial charge in [0, 0.05) is 25.0 Å². The first-order chi connectivity index (χ1) is 18.5. The van der Waals surface area contributed by atoms with Gasteiger partial charge in [-0.2, -0.15) is 4.31 Å². The molecular weight excluding hydrogens is 496 g/mol. The summed E-state index contributed by atoms with van der Waals surface area (Å²) >= 11 is 0. The van der Waals surface area contributed by atoms with E-state index < -0.39 is 10.0 Å². The summed E-state index contributed by atoms with van der Waals surface area (Å²) in [6, 6.07) is 28.7. The van der Waals surface area contributed by atoms with Crippen LogP contribution < -0.4 is 9.47 Å². The Balaban J connectivity index is 1.44. The van der Waals surface area contributed by atoms with Crippen LogP contribution in [0.1, 0.15) is 24.0 Å². The highest BCUT2D eigenvalue weighted by Gasteiger charge is 2.27. The van der Waals surface area contributed by atoms with Crippen LogP contribution in [0.2, 0.25) is 0 Å². The lowest BCUT2D eigenvalue weighted by atomic mass is 10.1. The number of benzene rings is 4. The van der Waals surface area contributed by atoms with Gasteiger partial charge in [0.2, 0.25) is 10.0 Å². The normalized spacial score (nSPS) is 14.3. The number of fused-ring (bicyclic) bond motifs is 1. The van der Waals surface area contributed by atoms with Crippen molar-refractivity contribution in [3.8, 4) is 11.5 Å². The van der Waals surface area contributed by atoms with E-state index in [4.69, 9.17) is 9.47 Å². The Morgan fingerprint density at radius 1 is 0.816 bits per heavy atom. The van der Waals surface area contributed by atoms with Crippen molar-refractivity contribution in [1.29, 1.82) is 0 Å². The average molecular weight is 531 g/mol. The second-order valence-electron chi connectivity index (χ2n) is 9.62. The molecule has 0 aliphatic carbocycles. The number of sulfonamides is 1. The minimum atomic E-state index is -3.77. The zero-order chi connectivity index (χ0) is 26.4. The molecule has 1 fully saturated rings. The van der Waals surface area contributed by atoms with E-state index in [1.807, 2.05) is 84.9 Å². The lowest BCUT2D eigenvalue weighted by Gasteiger charge is -2.26. The average Bonchev–Trinajstić information content (AvgIpc) is 3.48. The molecule has 7 heteroatoms. The van der Waals surface area contributed by atoms with Gasteiger partial charge in [-0.1, -0.05) is 72.8 Å². The SMILES string of the molecule is COc1ccc(CN(CCN2CCCC2)S(=O)(=O)c2cccc3ccccc23)cc1OCc1ccccc1. The first-order valence-corrected chi connectivity index (χ1v) is 14.5. The predicted molar refractivity (Wildman–Crippen MR) is 151 cm³/mol.